The van der Waals surface area contributed by atoms with Crippen LogP contribution in [0.3, 0.4) is 0 Å². The van der Waals surface area contributed by atoms with Crippen molar-refractivity contribution in [2.45, 2.75) is 32.7 Å². The molecule has 0 aliphatic rings. The minimum Gasteiger partial charge on any atom is -0.369 e. The molecule has 2 N–H and O–H groups in total. The van der Waals surface area contributed by atoms with Crippen molar-refractivity contribution in [1.29, 1.82) is 0 Å². The van der Waals surface area contributed by atoms with Crippen LogP contribution in [0, 0.1) is 0 Å². The summed E-state index contributed by atoms with van der Waals surface area (Å²) in [5, 5.41) is 4.47. The third-order valence-electron chi connectivity index (χ3n) is 3.36. The first-order valence-electron chi connectivity index (χ1n) is 6.45. The van der Waals surface area contributed by atoms with E-state index in [-0.39, 0.29) is 6.04 Å². The predicted octanol–water partition coefficient (Wildman–Crippen LogP) is 1.24. The molecule has 0 amide bonds. The van der Waals surface area contributed by atoms with E-state index in [9.17, 15) is 4.21 Å². The van der Waals surface area contributed by atoms with Gasteiger partial charge in [0, 0.05) is 35.9 Å². The van der Waals surface area contributed by atoms with Crippen LogP contribution in [0.15, 0.2) is 0 Å². The lowest BCUT2D eigenvalue weighted by atomic mass is 10.2. The molecule has 2 unspecified atom stereocenters. The van der Waals surface area contributed by atoms with Gasteiger partial charge in [0.25, 0.3) is 0 Å². The van der Waals surface area contributed by atoms with Crippen molar-refractivity contribution < 1.29 is 4.21 Å². The molecule has 2 aromatic heterocycles. The van der Waals surface area contributed by atoms with Gasteiger partial charge in [-0.05, 0) is 19.8 Å². The van der Waals surface area contributed by atoms with E-state index in [2.05, 4.69) is 23.9 Å². The van der Waals surface area contributed by atoms with Crippen molar-refractivity contribution in [2.75, 3.05) is 17.7 Å². The summed E-state index contributed by atoms with van der Waals surface area (Å²) in [5.41, 5.74) is 8.83. The molecule has 106 valence electrons. The Morgan fingerprint density at radius 1 is 1.47 bits per heavy atom. The molecule has 7 heteroatoms. The van der Waals surface area contributed by atoms with Gasteiger partial charge in [-0.15, -0.1) is 0 Å². The van der Waals surface area contributed by atoms with Gasteiger partial charge in [0.1, 0.15) is 5.52 Å². The number of nitrogens with two attached hydrogens (primary N) is 1. The van der Waals surface area contributed by atoms with Gasteiger partial charge >= 0.3 is 0 Å². The van der Waals surface area contributed by atoms with Crippen molar-refractivity contribution in [3.8, 4) is 0 Å². The Labute approximate surface area is 115 Å². The van der Waals surface area contributed by atoms with Crippen molar-refractivity contribution in [3.63, 3.8) is 0 Å². The third kappa shape index (κ3) is 2.51. The van der Waals surface area contributed by atoms with E-state index < -0.39 is 10.8 Å². The van der Waals surface area contributed by atoms with Crippen LogP contribution in [0.5, 0.6) is 0 Å². The number of hydrogen-bond acceptors (Lipinski definition) is 4. The standard InChI is InChI=1S/C12H21N5OS/c1-5-9-10-11(16(3)15-9)17(12(13)14-10)8(2)6-7-19(4)18/h8H,5-7H2,1-4H3,(H2,13,14). The number of nitrogen functional groups attached to an aromatic ring is 1. The Morgan fingerprint density at radius 3 is 2.74 bits per heavy atom. The molecule has 0 aromatic carbocycles. The van der Waals surface area contributed by atoms with Crippen molar-refractivity contribution >= 4 is 27.9 Å². The van der Waals surface area contributed by atoms with Crippen LogP contribution < -0.4 is 5.73 Å². The molecule has 0 aliphatic heterocycles. The van der Waals surface area contributed by atoms with E-state index in [0.29, 0.717) is 11.7 Å². The molecular formula is C12H21N5OS. The van der Waals surface area contributed by atoms with E-state index >= 15 is 0 Å². The largest absolute Gasteiger partial charge is 0.369 e. The molecule has 2 heterocycles. The molecule has 6 nitrogen and oxygen atoms in total. The first kappa shape index (κ1) is 14.0. The lowest BCUT2D eigenvalue weighted by Crippen LogP contribution is -2.13. The molecule has 0 radical (unpaired) electrons. The Balaban J connectivity index is 2.44. The van der Waals surface area contributed by atoms with Crippen molar-refractivity contribution in [2.24, 2.45) is 7.05 Å². The van der Waals surface area contributed by atoms with Crippen molar-refractivity contribution in [1.82, 2.24) is 19.3 Å². The molecule has 0 saturated heterocycles. The minimum atomic E-state index is -0.787. The Morgan fingerprint density at radius 2 is 2.16 bits per heavy atom. The summed E-state index contributed by atoms with van der Waals surface area (Å²) < 4.78 is 15.0. The molecule has 0 aliphatic carbocycles. The second-order valence-electron chi connectivity index (χ2n) is 4.85. The van der Waals surface area contributed by atoms with Gasteiger partial charge in [0.05, 0.1) is 5.69 Å². The summed E-state index contributed by atoms with van der Waals surface area (Å²) in [7, 11) is 1.12. The van der Waals surface area contributed by atoms with Gasteiger partial charge in [-0.1, -0.05) is 6.92 Å². The molecule has 0 saturated carbocycles. The normalized spacial score (nSPS) is 14.9. The van der Waals surface area contributed by atoms with E-state index in [1.165, 1.54) is 0 Å². The van der Waals surface area contributed by atoms with Gasteiger partial charge in [-0.3, -0.25) is 13.5 Å². The first-order chi connectivity index (χ1) is 8.95. The summed E-state index contributed by atoms with van der Waals surface area (Å²) in [5.74, 6) is 1.17. The van der Waals surface area contributed by atoms with E-state index in [0.717, 1.165) is 29.7 Å². The summed E-state index contributed by atoms with van der Waals surface area (Å²) in [6.07, 6.45) is 3.37. The van der Waals surface area contributed by atoms with E-state index in [1.54, 1.807) is 6.26 Å². The van der Waals surface area contributed by atoms with Gasteiger partial charge < -0.3 is 5.73 Å². The predicted molar refractivity (Wildman–Crippen MR) is 78.6 cm³/mol. The molecule has 0 spiro atoms. The monoisotopic (exact) mass is 283 g/mol. The number of imidazole rings is 1. The summed E-state index contributed by atoms with van der Waals surface area (Å²) in [4.78, 5) is 4.43. The highest BCUT2D eigenvalue weighted by atomic mass is 32.2. The SMILES string of the molecule is CCc1nn(C)c2c1nc(N)n2C(C)CCS(C)=O. The van der Waals surface area contributed by atoms with Gasteiger partial charge in [0.2, 0.25) is 5.95 Å². The fraction of sp³-hybridized carbons (Fsp3) is 0.667. The number of anilines is 1. The number of fused-ring (bicyclic) bond motifs is 1. The van der Waals surface area contributed by atoms with E-state index in [1.807, 2.05) is 16.3 Å². The summed E-state index contributed by atoms with van der Waals surface area (Å²) in [6, 6.07) is 0.161. The molecule has 2 rings (SSSR count). The minimum absolute atomic E-state index is 0.161. The van der Waals surface area contributed by atoms with Crippen LogP contribution in [-0.4, -0.2) is 35.5 Å². The van der Waals surface area contributed by atoms with Gasteiger partial charge in [-0.25, -0.2) is 4.98 Å². The zero-order valence-electron chi connectivity index (χ0n) is 11.9. The van der Waals surface area contributed by atoms with Crippen LogP contribution in [0.2, 0.25) is 0 Å². The van der Waals surface area contributed by atoms with E-state index in [4.69, 9.17) is 5.73 Å². The average molecular weight is 283 g/mol. The average Bonchev–Trinajstić information content (AvgIpc) is 2.83. The fourth-order valence-electron chi connectivity index (χ4n) is 2.36. The maximum absolute atomic E-state index is 11.2. The Hall–Kier alpha value is -1.37. The molecular weight excluding hydrogens is 262 g/mol. The molecule has 0 fully saturated rings. The third-order valence-corrected chi connectivity index (χ3v) is 4.17. The maximum atomic E-state index is 11.2. The highest BCUT2D eigenvalue weighted by Crippen LogP contribution is 2.26. The van der Waals surface area contributed by atoms with Gasteiger partial charge in [-0.2, -0.15) is 5.10 Å². The molecule has 0 bridgehead atoms. The van der Waals surface area contributed by atoms with Crippen LogP contribution in [0.25, 0.3) is 11.2 Å². The number of aryl methyl sites for hydroxylation is 2. The lowest BCUT2D eigenvalue weighted by molar-refractivity contribution is 0.539. The number of nitrogens with zero attached hydrogens (tertiary/aromatic N) is 4. The van der Waals surface area contributed by atoms with Crippen LogP contribution >= 0.6 is 0 Å². The second-order valence-corrected chi connectivity index (χ2v) is 6.41. The zero-order chi connectivity index (χ0) is 14.2. The number of hydrogen-bond donors (Lipinski definition) is 1. The smallest absolute Gasteiger partial charge is 0.202 e. The number of rotatable bonds is 5. The lowest BCUT2D eigenvalue weighted by Gasteiger charge is -2.15. The zero-order valence-corrected chi connectivity index (χ0v) is 12.7. The molecule has 2 atom stereocenters. The highest BCUT2D eigenvalue weighted by Gasteiger charge is 2.20. The molecule has 19 heavy (non-hydrogen) atoms. The summed E-state index contributed by atoms with van der Waals surface area (Å²) >= 11 is 0. The molecule has 2 aromatic rings. The van der Waals surface area contributed by atoms with Crippen LogP contribution in [-0.2, 0) is 24.3 Å². The quantitative estimate of drug-likeness (QED) is 0.895. The van der Waals surface area contributed by atoms with Crippen LogP contribution in [0.1, 0.15) is 32.0 Å². The Bertz CT molecular complexity index is 615. The number of aromatic nitrogens is 4. The first-order valence-corrected chi connectivity index (χ1v) is 8.17. The topological polar surface area (TPSA) is 78.7 Å². The Kier molecular flexibility index (Phi) is 3.93. The highest BCUT2D eigenvalue weighted by molar-refractivity contribution is 7.84. The fourth-order valence-corrected chi connectivity index (χ4v) is 3.03. The van der Waals surface area contributed by atoms with Crippen molar-refractivity contribution in [3.05, 3.63) is 5.69 Å². The summed E-state index contributed by atoms with van der Waals surface area (Å²) in [6.45, 7) is 4.13. The van der Waals surface area contributed by atoms with Gasteiger partial charge in [0.15, 0.2) is 5.65 Å². The van der Waals surface area contributed by atoms with Crippen LogP contribution in [0.4, 0.5) is 5.95 Å². The second kappa shape index (κ2) is 5.32. The maximum Gasteiger partial charge on any atom is 0.202 e.